The summed E-state index contributed by atoms with van der Waals surface area (Å²) in [6, 6.07) is 3.76. The summed E-state index contributed by atoms with van der Waals surface area (Å²) >= 11 is 7.23. The van der Waals surface area contributed by atoms with E-state index in [0.717, 1.165) is 9.13 Å². The van der Waals surface area contributed by atoms with Gasteiger partial charge < -0.3 is 14.8 Å². The number of likely N-dealkylation sites (N-methyl/N-ethyl adjacent to an activating group) is 1. The molecule has 7 heteroatoms. The van der Waals surface area contributed by atoms with Gasteiger partial charge in [0.1, 0.15) is 5.70 Å². The average molecular weight is 418 g/mol. The van der Waals surface area contributed by atoms with Crippen LogP contribution in [0.3, 0.4) is 0 Å². The Kier molecular flexibility index (Phi) is 5.04. The third-order valence-electron chi connectivity index (χ3n) is 2.93. The first-order valence-corrected chi connectivity index (χ1v) is 7.77. The van der Waals surface area contributed by atoms with E-state index in [1.807, 2.05) is 19.1 Å². The van der Waals surface area contributed by atoms with Crippen LogP contribution in [0.5, 0.6) is 11.5 Å². The van der Waals surface area contributed by atoms with Crippen molar-refractivity contribution in [1.82, 2.24) is 10.2 Å². The molecule has 1 aliphatic heterocycles. The van der Waals surface area contributed by atoms with Crippen molar-refractivity contribution in [3.63, 3.8) is 0 Å². The molecule has 1 fully saturated rings. The van der Waals surface area contributed by atoms with Crippen LogP contribution in [-0.2, 0) is 4.79 Å². The topological polar surface area (TPSA) is 50.8 Å². The number of nitrogens with zero attached hydrogens (tertiary/aromatic N) is 1. The van der Waals surface area contributed by atoms with E-state index >= 15 is 0 Å². The van der Waals surface area contributed by atoms with Crippen molar-refractivity contribution in [2.75, 3.05) is 20.8 Å². The summed E-state index contributed by atoms with van der Waals surface area (Å²) in [7, 11) is 3.25. The molecule has 0 saturated carbocycles. The number of hydrogen-bond donors (Lipinski definition) is 1. The Morgan fingerprint density at radius 1 is 1.48 bits per heavy atom. The van der Waals surface area contributed by atoms with Gasteiger partial charge in [-0.2, -0.15) is 0 Å². The van der Waals surface area contributed by atoms with Gasteiger partial charge in [0.2, 0.25) is 0 Å². The molecule has 1 aromatic rings. The van der Waals surface area contributed by atoms with Crippen LogP contribution in [-0.4, -0.2) is 36.7 Å². The molecule has 5 nitrogen and oxygen atoms in total. The predicted octanol–water partition coefficient (Wildman–Crippen LogP) is 2.39. The van der Waals surface area contributed by atoms with Crippen LogP contribution in [0.25, 0.3) is 6.08 Å². The Morgan fingerprint density at radius 3 is 2.71 bits per heavy atom. The van der Waals surface area contributed by atoms with E-state index in [1.54, 1.807) is 20.2 Å². The van der Waals surface area contributed by atoms with Crippen LogP contribution in [0.2, 0.25) is 0 Å². The summed E-state index contributed by atoms with van der Waals surface area (Å²) < 4.78 is 11.8. The number of thiocarbonyl (C=S) groups is 1. The zero-order valence-electron chi connectivity index (χ0n) is 11.9. The van der Waals surface area contributed by atoms with Crippen LogP contribution in [0, 0.1) is 3.57 Å². The molecule has 0 bridgehead atoms. The first kappa shape index (κ1) is 16.0. The van der Waals surface area contributed by atoms with E-state index in [0.29, 0.717) is 28.9 Å². The smallest absolute Gasteiger partial charge is 0.276 e. The lowest BCUT2D eigenvalue weighted by molar-refractivity contribution is -0.121. The fraction of sp³-hybridized carbons (Fsp3) is 0.286. The van der Waals surface area contributed by atoms with E-state index in [2.05, 4.69) is 27.9 Å². The van der Waals surface area contributed by atoms with E-state index in [9.17, 15) is 4.79 Å². The van der Waals surface area contributed by atoms with Crippen molar-refractivity contribution >= 4 is 51.9 Å². The maximum Gasteiger partial charge on any atom is 0.276 e. The van der Waals surface area contributed by atoms with Crippen molar-refractivity contribution in [3.05, 3.63) is 27.0 Å². The molecular weight excluding hydrogens is 403 g/mol. The van der Waals surface area contributed by atoms with Gasteiger partial charge in [0.05, 0.1) is 17.3 Å². The first-order valence-electron chi connectivity index (χ1n) is 6.29. The lowest BCUT2D eigenvalue weighted by Gasteiger charge is -2.12. The quantitative estimate of drug-likeness (QED) is 0.463. The Morgan fingerprint density at radius 2 is 2.19 bits per heavy atom. The zero-order chi connectivity index (χ0) is 15.6. The first-order chi connectivity index (χ1) is 9.97. The summed E-state index contributed by atoms with van der Waals surface area (Å²) in [5.41, 5.74) is 1.29. The van der Waals surface area contributed by atoms with Gasteiger partial charge in [0.25, 0.3) is 5.91 Å². The molecule has 0 unspecified atom stereocenters. The normalized spacial score (nSPS) is 16.4. The molecule has 1 aliphatic rings. The Bertz CT molecular complexity index is 631. The summed E-state index contributed by atoms with van der Waals surface area (Å²) in [4.78, 5) is 13.4. The minimum atomic E-state index is -0.149. The van der Waals surface area contributed by atoms with Gasteiger partial charge in [-0.15, -0.1) is 0 Å². The molecule has 0 aliphatic carbocycles. The molecule has 1 N–H and O–H groups in total. The van der Waals surface area contributed by atoms with E-state index in [1.165, 1.54) is 4.90 Å². The van der Waals surface area contributed by atoms with Crippen molar-refractivity contribution in [3.8, 4) is 11.5 Å². The second kappa shape index (κ2) is 6.61. The maximum atomic E-state index is 12.0. The Balaban J connectivity index is 2.41. The van der Waals surface area contributed by atoms with Gasteiger partial charge in [0.15, 0.2) is 16.6 Å². The number of amides is 1. The molecule has 1 aromatic carbocycles. The largest absolute Gasteiger partial charge is 0.492 e. The summed E-state index contributed by atoms with van der Waals surface area (Å²) in [5.74, 6) is 1.20. The molecule has 1 amide bonds. The van der Waals surface area contributed by atoms with Crippen molar-refractivity contribution in [1.29, 1.82) is 0 Å². The number of benzene rings is 1. The number of carbonyl (C=O) groups is 1. The number of methoxy groups -OCH3 is 1. The maximum absolute atomic E-state index is 12.0. The van der Waals surface area contributed by atoms with Crippen LogP contribution >= 0.6 is 34.8 Å². The summed E-state index contributed by atoms with van der Waals surface area (Å²) in [6.45, 7) is 2.45. The second-order valence-electron chi connectivity index (χ2n) is 4.32. The molecule has 0 spiro atoms. The third-order valence-corrected chi connectivity index (χ3v) is 4.11. The van der Waals surface area contributed by atoms with Gasteiger partial charge >= 0.3 is 0 Å². The van der Waals surface area contributed by atoms with Crippen molar-refractivity contribution < 1.29 is 14.3 Å². The number of rotatable bonds is 4. The lowest BCUT2D eigenvalue weighted by Crippen LogP contribution is -2.25. The van der Waals surface area contributed by atoms with E-state index in [-0.39, 0.29) is 5.91 Å². The van der Waals surface area contributed by atoms with Crippen LogP contribution in [0.1, 0.15) is 12.5 Å². The number of hydrogen-bond acceptors (Lipinski definition) is 4. The molecule has 1 saturated heterocycles. The fourth-order valence-electron chi connectivity index (χ4n) is 1.92. The minimum Gasteiger partial charge on any atom is -0.492 e. The fourth-order valence-corrected chi connectivity index (χ4v) is 2.96. The third kappa shape index (κ3) is 3.29. The number of halogens is 1. The van der Waals surface area contributed by atoms with Crippen molar-refractivity contribution in [2.24, 2.45) is 0 Å². The second-order valence-corrected chi connectivity index (χ2v) is 5.87. The SMILES string of the molecule is CCOc1cc(/C=C2\NC(=S)N(C)C2=O)cc(I)c1OC. The van der Waals surface area contributed by atoms with Gasteiger partial charge in [-0.3, -0.25) is 9.69 Å². The summed E-state index contributed by atoms with van der Waals surface area (Å²) in [5, 5.41) is 3.30. The van der Waals surface area contributed by atoms with Crippen LogP contribution in [0.4, 0.5) is 0 Å². The van der Waals surface area contributed by atoms with Crippen molar-refractivity contribution in [2.45, 2.75) is 6.92 Å². The predicted molar refractivity (Wildman–Crippen MR) is 93.4 cm³/mol. The standard InChI is InChI=1S/C14H15IN2O3S/c1-4-20-11-7-8(5-9(15)12(11)19-3)6-10-13(18)17(2)14(21)16-10/h5-7H,4H2,1-3H3,(H,16,21)/b10-6-. The molecule has 0 radical (unpaired) electrons. The highest BCUT2D eigenvalue weighted by atomic mass is 127. The number of carbonyl (C=O) groups excluding carboxylic acids is 1. The summed E-state index contributed by atoms with van der Waals surface area (Å²) in [6.07, 6.45) is 1.75. The average Bonchev–Trinajstić information content (AvgIpc) is 2.67. The molecule has 0 aromatic heterocycles. The minimum absolute atomic E-state index is 0.149. The van der Waals surface area contributed by atoms with E-state index in [4.69, 9.17) is 21.7 Å². The monoisotopic (exact) mass is 418 g/mol. The molecule has 2 rings (SSSR count). The molecule has 0 atom stereocenters. The highest BCUT2D eigenvalue weighted by Crippen LogP contribution is 2.34. The zero-order valence-corrected chi connectivity index (χ0v) is 14.9. The Labute approximate surface area is 142 Å². The number of ether oxygens (including phenoxy) is 2. The van der Waals surface area contributed by atoms with Gasteiger partial charge in [0, 0.05) is 7.05 Å². The van der Waals surface area contributed by atoms with Crippen LogP contribution < -0.4 is 14.8 Å². The molecule has 112 valence electrons. The lowest BCUT2D eigenvalue weighted by atomic mass is 10.1. The van der Waals surface area contributed by atoms with Gasteiger partial charge in [-0.1, -0.05) is 0 Å². The van der Waals surface area contributed by atoms with Gasteiger partial charge in [-0.05, 0) is 65.5 Å². The molecule has 21 heavy (non-hydrogen) atoms. The molecular formula is C14H15IN2O3S. The van der Waals surface area contributed by atoms with Crippen LogP contribution in [0.15, 0.2) is 17.8 Å². The van der Waals surface area contributed by atoms with E-state index < -0.39 is 0 Å². The number of nitrogens with one attached hydrogen (secondary N) is 1. The van der Waals surface area contributed by atoms with Gasteiger partial charge in [-0.25, -0.2) is 0 Å². The highest BCUT2D eigenvalue weighted by Gasteiger charge is 2.27. The highest BCUT2D eigenvalue weighted by molar-refractivity contribution is 14.1. The Hall–Kier alpha value is -1.35. The molecule has 1 heterocycles.